The van der Waals surface area contributed by atoms with E-state index in [4.69, 9.17) is 4.74 Å². The average Bonchev–Trinajstić information content (AvgIpc) is 2.90. The Morgan fingerprint density at radius 2 is 2.14 bits per heavy atom. The lowest BCUT2D eigenvalue weighted by atomic mass is 10.3. The van der Waals surface area contributed by atoms with E-state index < -0.39 is 0 Å². The first-order valence-corrected chi connectivity index (χ1v) is 7.24. The van der Waals surface area contributed by atoms with Crippen LogP contribution in [0.3, 0.4) is 0 Å². The lowest BCUT2D eigenvalue weighted by Crippen LogP contribution is -1.98. The Hall–Kier alpha value is -2.28. The van der Waals surface area contributed by atoms with Crippen LogP contribution in [-0.4, -0.2) is 34.1 Å². The summed E-state index contributed by atoms with van der Waals surface area (Å²) >= 11 is 1.48. The van der Waals surface area contributed by atoms with E-state index in [1.807, 2.05) is 32.2 Å². The van der Waals surface area contributed by atoms with Crippen molar-refractivity contribution >= 4 is 28.6 Å². The molecular weight excluding hydrogens is 286 g/mol. The van der Waals surface area contributed by atoms with Crippen LogP contribution in [0.1, 0.15) is 5.56 Å². The molecule has 2 aromatic heterocycles. The number of imidazole rings is 1. The minimum Gasteiger partial charge on any atom is -0.497 e. The molecule has 108 valence electrons. The van der Waals surface area contributed by atoms with Crippen molar-refractivity contribution in [1.29, 1.82) is 0 Å². The third-order valence-corrected chi connectivity index (χ3v) is 4.13. The molecule has 0 saturated carbocycles. The summed E-state index contributed by atoms with van der Waals surface area (Å²) in [6, 6.07) is 5.76. The van der Waals surface area contributed by atoms with E-state index in [1.54, 1.807) is 13.4 Å². The number of hydrogen-bond acceptors (Lipinski definition) is 6. The van der Waals surface area contributed by atoms with Crippen molar-refractivity contribution < 1.29 is 4.74 Å². The highest BCUT2D eigenvalue weighted by atomic mass is 32.2. The van der Waals surface area contributed by atoms with Gasteiger partial charge in [0.25, 0.3) is 0 Å². The van der Waals surface area contributed by atoms with Crippen LogP contribution in [0.15, 0.2) is 34.7 Å². The molecule has 2 N–H and O–H groups in total. The number of aromatic amines is 1. The van der Waals surface area contributed by atoms with Gasteiger partial charge in [-0.05, 0) is 30.8 Å². The fraction of sp³-hybridized carbons (Fsp3) is 0.214. The SMILES string of the molecule is CNc1ncnc(Sc2nc3ccc(OC)cc3[nH]2)c1C. The zero-order valence-corrected chi connectivity index (χ0v) is 12.8. The monoisotopic (exact) mass is 301 g/mol. The standard InChI is InChI=1S/C14H15N5OS/c1-8-12(15-2)16-7-17-13(8)21-14-18-10-5-4-9(20-3)6-11(10)19-14/h4-7H,1-3H3,(H,18,19)(H,15,16,17). The maximum atomic E-state index is 5.22. The minimum absolute atomic E-state index is 0.794. The van der Waals surface area contributed by atoms with Gasteiger partial charge in [0, 0.05) is 18.7 Å². The number of H-pyrrole nitrogens is 1. The lowest BCUT2D eigenvalue weighted by molar-refractivity contribution is 0.415. The largest absolute Gasteiger partial charge is 0.497 e. The van der Waals surface area contributed by atoms with Gasteiger partial charge in [-0.25, -0.2) is 15.0 Å². The molecule has 0 amide bonds. The first kappa shape index (κ1) is 13.7. The van der Waals surface area contributed by atoms with Gasteiger partial charge in [-0.15, -0.1) is 0 Å². The molecule has 0 aliphatic carbocycles. The highest BCUT2D eigenvalue weighted by Crippen LogP contribution is 2.30. The van der Waals surface area contributed by atoms with Crippen LogP contribution < -0.4 is 10.1 Å². The van der Waals surface area contributed by atoms with Gasteiger partial charge in [-0.1, -0.05) is 0 Å². The number of methoxy groups -OCH3 is 1. The molecule has 21 heavy (non-hydrogen) atoms. The molecule has 0 atom stereocenters. The fourth-order valence-electron chi connectivity index (χ4n) is 2.02. The Bertz CT molecular complexity index is 786. The van der Waals surface area contributed by atoms with Gasteiger partial charge in [0.2, 0.25) is 0 Å². The van der Waals surface area contributed by atoms with Crippen LogP contribution in [0.4, 0.5) is 5.82 Å². The van der Waals surface area contributed by atoms with Gasteiger partial charge in [0.15, 0.2) is 5.16 Å². The second kappa shape index (κ2) is 5.61. The predicted octanol–water partition coefficient (Wildman–Crippen LogP) is 2.86. The molecule has 6 nitrogen and oxygen atoms in total. The predicted molar refractivity (Wildman–Crippen MR) is 83.1 cm³/mol. The summed E-state index contributed by atoms with van der Waals surface area (Å²) in [5, 5.41) is 4.72. The van der Waals surface area contributed by atoms with Crippen LogP contribution >= 0.6 is 11.8 Å². The zero-order chi connectivity index (χ0) is 14.8. The second-order valence-electron chi connectivity index (χ2n) is 4.43. The number of nitrogens with one attached hydrogen (secondary N) is 2. The molecule has 1 aromatic carbocycles. The first-order chi connectivity index (χ1) is 10.2. The Morgan fingerprint density at radius 1 is 1.29 bits per heavy atom. The summed E-state index contributed by atoms with van der Waals surface area (Å²) in [6.07, 6.45) is 1.55. The van der Waals surface area contributed by atoms with Gasteiger partial charge >= 0.3 is 0 Å². The number of fused-ring (bicyclic) bond motifs is 1. The Balaban J connectivity index is 1.95. The summed E-state index contributed by atoms with van der Waals surface area (Å²) in [5.41, 5.74) is 2.85. The Morgan fingerprint density at radius 3 is 2.90 bits per heavy atom. The number of anilines is 1. The molecule has 0 saturated heterocycles. The van der Waals surface area contributed by atoms with Crippen LogP contribution in [0.2, 0.25) is 0 Å². The molecule has 3 rings (SSSR count). The molecule has 0 bridgehead atoms. The summed E-state index contributed by atoms with van der Waals surface area (Å²) in [4.78, 5) is 16.3. The van der Waals surface area contributed by atoms with Crippen molar-refractivity contribution in [2.45, 2.75) is 17.1 Å². The maximum Gasteiger partial charge on any atom is 0.172 e. The number of nitrogens with zero attached hydrogens (tertiary/aromatic N) is 3. The van der Waals surface area contributed by atoms with Gasteiger partial charge in [-0.3, -0.25) is 0 Å². The molecule has 2 heterocycles. The Labute approximate surface area is 126 Å². The van der Waals surface area contributed by atoms with Crippen LogP contribution in [-0.2, 0) is 0 Å². The molecule has 7 heteroatoms. The molecule has 0 radical (unpaired) electrons. The minimum atomic E-state index is 0.794. The average molecular weight is 301 g/mol. The van der Waals surface area contributed by atoms with E-state index in [0.717, 1.165) is 38.3 Å². The normalized spacial score (nSPS) is 10.8. The van der Waals surface area contributed by atoms with Crippen LogP contribution in [0.25, 0.3) is 11.0 Å². The first-order valence-electron chi connectivity index (χ1n) is 6.42. The number of benzene rings is 1. The smallest absolute Gasteiger partial charge is 0.172 e. The Kier molecular flexibility index (Phi) is 3.66. The number of hydrogen-bond donors (Lipinski definition) is 2. The van der Waals surface area contributed by atoms with Gasteiger partial charge in [0.05, 0.1) is 18.1 Å². The summed E-state index contributed by atoms with van der Waals surface area (Å²) in [5.74, 6) is 1.63. The van der Waals surface area contributed by atoms with Crippen molar-refractivity contribution in [3.05, 3.63) is 30.1 Å². The molecule has 0 aliphatic rings. The molecule has 0 unspecified atom stereocenters. The quantitative estimate of drug-likeness (QED) is 0.722. The lowest BCUT2D eigenvalue weighted by Gasteiger charge is -2.06. The number of rotatable bonds is 4. The maximum absolute atomic E-state index is 5.22. The number of aromatic nitrogens is 4. The van der Waals surface area contributed by atoms with Gasteiger partial charge < -0.3 is 15.0 Å². The summed E-state index contributed by atoms with van der Waals surface area (Å²) in [6.45, 7) is 1.99. The molecule has 3 aromatic rings. The van der Waals surface area contributed by atoms with E-state index in [9.17, 15) is 0 Å². The van der Waals surface area contributed by atoms with E-state index in [-0.39, 0.29) is 0 Å². The molecule has 0 aliphatic heterocycles. The van der Waals surface area contributed by atoms with Crippen molar-refractivity contribution in [2.24, 2.45) is 0 Å². The van der Waals surface area contributed by atoms with Crippen molar-refractivity contribution in [3.8, 4) is 5.75 Å². The summed E-state index contributed by atoms with van der Waals surface area (Å²) in [7, 11) is 3.49. The summed E-state index contributed by atoms with van der Waals surface area (Å²) < 4.78 is 5.22. The van der Waals surface area contributed by atoms with Crippen LogP contribution in [0.5, 0.6) is 5.75 Å². The van der Waals surface area contributed by atoms with E-state index in [0.29, 0.717) is 0 Å². The van der Waals surface area contributed by atoms with Crippen molar-refractivity contribution in [1.82, 2.24) is 19.9 Å². The highest BCUT2D eigenvalue weighted by Gasteiger charge is 2.11. The van der Waals surface area contributed by atoms with E-state index in [1.165, 1.54) is 11.8 Å². The zero-order valence-electron chi connectivity index (χ0n) is 12.0. The van der Waals surface area contributed by atoms with Gasteiger partial charge in [0.1, 0.15) is 22.9 Å². The fourth-order valence-corrected chi connectivity index (χ4v) is 2.86. The van der Waals surface area contributed by atoms with E-state index >= 15 is 0 Å². The molecule has 0 fully saturated rings. The second-order valence-corrected chi connectivity index (χ2v) is 5.41. The van der Waals surface area contributed by atoms with E-state index in [2.05, 4.69) is 25.3 Å². The molecular formula is C14H15N5OS. The van der Waals surface area contributed by atoms with Crippen LogP contribution in [0, 0.1) is 6.92 Å². The van der Waals surface area contributed by atoms with Gasteiger partial charge in [-0.2, -0.15) is 0 Å². The van der Waals surface area contributed by atoms with Crippen molar-refractivity contribution in [3.63, 3.8) is 0 Å². The third kappa shape index (κ3) is 2.64. The molecule has 0 spiro atoms. The third-order valence-electron chi connectivity index (χ3n) is 3.14. The van der Waals surface area contributed by atoms with Crippen molar-refractivity contribution in [2.75, 3.05) is 19.5 Å². The number of ether oxygens (including phenoxy) is 1. The highest BCUT2D eigenvalue weighted by molar-refractivity contribution is 7.99. The topological polar surface area (TPSA) is 75.7 Å².